The largest absolute Gasteiger partial charge is 0.392 e. The van der Waals surface area contributed by atoms with E-state index in [2.05, 4.69) is 52.0 Å². The predicted molar refractivity (Wildman–Crippen MR) is 87.0 cm³/mol. The molecular formula is C19H26O. The molecule has 0 saturated carbocycles. The van der Waals surface area contributed by atoms with Crippen molar-refractivity contribution >= 4 is 0 Å². The Kier molecular flexibility index (Phi) is 7.03. The minimum Gasteiger partial charge on any atom is -0.392 e. The summed E-state index contributed by atoms with van der Waals surface area (Å²) in [6.07, 6.45) is 0. The smallest absolute Gasteiger partial charge is 0.0681 e. The van der Waals surface area contributed by atoms with Crippen molar-refractivity contribution in [2.45, 2.75) is 46.1 Å². The van der Waals surface area contributed by atoms with E-state index >= 15 is 0 Å². The van der Waals surface area contributed by atoms with E-state index in [-0.39, 0.29) is 6.61 Å². The third-order valence-electron chi connectivity index (χ3n) is 3.30. The lowest BCUT2D eigenvalue weighted by molar-refractivity contribution is 0.282. The van der Waals surface area contributed by atoms with Gasteiger partial charge in [0.2, 0.25) is 0 Å². The third-order valence-corrected chi connectivity index (χ3v) is 3.30. The summed E-state index contributed by atoms with van der Waals surface area (Å²) in [5.41, 5.74) is 3.83. The zero-order chi connectivity index (χ0) is 15.0. The molecule has 0 radical (unpaired) electrons. The lowest BCUT2D eigenvalue weighted by Crippen LogP contribution is -1.90. The van der Waals surface area contributed by atoms with Gasteiger partial charge in [-0.05, 0) is 28.5 Å². The minimum atomic E-state index is 0.140. The van der Waals surface area contributed by atoms with Gasteiger partial charge < -0.3 is 5.11 Å². The molecule has 0 unspecified atom stereocenters. The second-order valence-electron chi connectivity index (χ2n) is 5.62. The molecule has 0 aliphatic carbocycles. The molecule has 0 saturated heterocycles. The topological polar surface area (TPSA) is 20.2 Å². The van der Waals surface area contributed by atoms with E-state index in [0.717, 1.165) is 5.56 Å². The Hall–Kier alpha value is -1.60. The van der Waals surface area contributed by atoms with Gasteiger partial charge in [-0.25, -0.2) is 0 Å². The molecule has 0 amide bonds. The first kappa shape index (κ1) is 16.5. The van der Waals surface area contributed by atoms with Crippen LogP contribution in [-0.4, -0.2) is 5.11 Å². The second kappa shape index (κ2) is 8.55. The van der Waals surface area contributed by atoms with Gasteiger partial charge in [0.05, 0.1) is 6.61 Å². The van der Waals surface area contributed by atoms with Crippen LogP contribution >= 0.6 is 0 Å². The van der Waals surface area contributed by atoms with Gasteiger partial charge in [0.1, 0.15) is 0 Å². The molecular weight excluding hydrogens is 244 g/mol. The Morgan fingerprint density at radius 2 is 1.10 bits per heavy atom. The molecule has 2 rings (SSSR count). The van der Waals surface area contributed by atoms with Crippen molar-refractivity contribution in [2.75, 3.05) is 0 Å². The predicted octanol–water partition coefficient (Wildman–Crippen LogP) is 5.11. The zero-order valence-corrected chi connectivity index (χ0v) is 13.0. The first-order valence-corrected chi connectivity index (χ1v) is 7.29. The Bertz CT molecular complexity index is 442. The van der Waals surface area contributed by atoms with Crippen LogP contribution in [0.4, 0.5) is 0 Å². The molecule has 20 heavy (non-hydrogen) atoms. The van der Waals surface area contributed by atoms with Crippen molar-refractivity contribution < 1.29 is 5.11 Å². The van der Waals surface area contributed by atoms with Crippen LogP contribution in [0.2, 0.25) is 0 Å². The van der Waals surface area contributed by atoms with Gasteiger partial charge in [0.25, 0.3) is 0 Å². The van der Waals surface area contributed by atoms with Crippen molar-refractivity contribution in [1.29, 1.82) is 0 Å². The Morgan fingerprint density at radius 1 is 0.700 bits per heavy atom. The Morgan fingerprint density at radius 3 is 1.35 bits per heavy atom. The van der Waals surface area contributed by atoms with Gasteiger partial charge in [-0.2, -0.15) is 0 Å². The average Bonchev–Trinajstić information content (AvgIpc) is 2.48. The van der Waals surface area contributed by atoms with E-state index < -0.39 is 0 Å². The van der Waals surface area contributed by atoms with Gasteiger partial charge >= 0.3 is 0 Å². The van der Waals surface area contributed by atoms with Crippen LogP contribution in [0.15, 0.2) is 54.6 Å². The lowest BCUT2D eigenvalue weighted by atomic mass is 9.97. The number of rotatable bonds is 3. The van der Waals surface area contributed by atoms with Crippen LogP contribution < -0.4 is 0 Å². The van der Waals surface area contributed by atoms with Crippen molar-refractivity contribution in [3.8, 4) is 0 Å². The van der Waals surface area contributed by atoms with Gasteiger partial charge in [-0.15, -0.1) is 0 Å². The summed E-state index contributed by atoms with van der Waals surface area (Å²) in [4.78, 5) is 0. The number of hydrogen-bond acceptors (Lipinski definition) is 1. The maximum Gasteiger partial charge on any atom is 0.0681 e. The summed E-state index contributed by atoms with van der Waals surface area (Å²) in [6, 6.07) is 18.5. The molecule has 2 aromatic rings. The average molecular weight is 270 g/mol. The summed E-state index contributed by atoms with van der Waals surface area (Å²) in [7, 11) is 0. The fourth-order valence-electron chi connectivity index (χ4n) is 1.85. The summed E-state index contributed by atoms with van der Waals surface area (Å²) in [5, 5.41) is 8.54. The van der Waals surface area contributed by atoms with E-state index in [9.17, 15) is 0 Å². The normalized spacial score (nSPS) is 10.3. The van der Waals surface area contributed by atoms with E-state index in [1.807, 2.05) is 30.3 Å². The van der Waals surface area contributed by atoms with E-state index in [4.69, 9.17) is 5.11 Å². The third kappa shape index (κ3) is 5.58. The maximum absolute atomic E-state index is 8.54. The summed E-state index contributed by atoms with van der Waals surface area (Å²) in [5.74, 6) is 1.29. The highest BCUT2D eigenvalue weighted by Crippen LogP contribution is 2.18. The molecule has 0 aliphatic heterocycles. The molecule has 108 valence electrons. The number of benzene rings is 2. The molecule has 1 heteroatoms. The van der Waals surface area contributed by atoms with Crippen LogP contribution in [0.1, 0.15) is 56.2 Å². The molecule has 0 atom stereocenters. The quantitative estimate of drug-likeness (QED) is 0.821. The van der Waals surface area contributed by atoms with Crippen molar-refractivity contribution in [1.82, 2.24) is 0 Å². The first-order valence-electron chi connectivity index (χ1n) is 7.29. The highest BCUT2D eigenvalue weighted by molar-refractivity contribution is 5.26. The summed E-state index contributed by atoms with van der Waals surface area (Å²) in [6.45, 7) is 9.05. The van der Waals surface area contributed by atoms with Gasteiger partial charge in [-0.1, -0.05) is 82.3 Å². The standard InChI is InChI=1S/C12H18.C7H8O/c1-9(2)11-5-7-12(8-6-11)10(3)4;8-6-7-4-2-1-3-5-7/h5-10H,1-4H3;1-5,8H,6H2. The van der Waals surface area contributed by atoms with Gasteiger partial charge in [0.15, 0.2) is 0 Å². The fourth-order valence-corrected chi connectivity index (χ4v) is 1.85. The van der Waals surface area contributed by atoms with Crippen molar-refractivity contribution in [2.24, 2.45) is 0 Å². The lowest BCUT2D eigenvalue weighted by Gasteiger charge is -2.08. The Labute approximate surface area is 123 Å². The maximum atomic E-state index is 8.54. The molecule has 0 bridgehead atoms. The van der Waals surface area contributed by atoms with Crippen molar-refractivity contribution in [3.63, 3.8) is 0 Å². The molecule has 0 spiro atoms. The van der Waals surface area contributed by atoms with E-state index in [1.54, 1.807) is 0 Å². The zero-order valence-electron chi connectivity index (χ0n) is 13.0. The molecule has 0 aliphatic rings. The minimum absolute atomic E-state index is 0.140. The van der Waals surface area contributed by atoms with Gasteiger partial charge in [0, 0.05) is 0 Å². The van der Waals surface area contributed by atoms with Crippen LogP contribution in [-0.2, 0) is 6.61 Å². The van der Waals surface area contributed by atoms with E-state index in [0.29, 0.717) is 11.8 Å². The number of hydrogen-bond donors (Lipinski definition) is 1. The Balaban J connectivity index is 0.000000217. The van der Waals surface area contributed by atoms with Crippen LogP contribution in [0.5, 0.6) is 0 Å². The molecule has 0 aromatic heterocycles. The highest BCUT2D eigenvalue weighted by Gasteiger charge is 2.00. The summed E-state index contributed by atoms with van der Waals surface area (Å²) < 4.78 is 0. The highest BCUT2D eigenvalue weighted by atomic mass is 16.3. The molecule has 0 heterocycles. The van der Waals surface area contributed by atoms with Crippen LogP contribution in [0.25, 0.3) is 0 Å². The van der Waals surface area contributed by atoms with Gasteiger partial charge in [-0.3, -0.25) is 0 Å². The SMILES string of the molecule is CC(C)c1ccc(C(C)C)cc1.OCc1ccccc1. The first-order chi connectivity index (χ1) is 9.54. The monoisotopic (exact) mass is 270 g/mol. The number of aliphatic hydroxyl groups excluding tert-OH is 1. The van der Waals surface area contributed by atoms with E-state index in [1.165, 1.54) is 11.1 Å². The van der Waals surface area contributed by atoms with Crippen molar-refractivity contribution in [3.05, 3.63) is 71.3 Å². The molecule has 2 aromatic carbocycles. The molecule has 0 fully saturated rings. The van der Waals surface area contributed by atoms with Crippen LogP contribution in [0, 0.1) is 0 Å². The fraction of sp³-hybridized carbons (Fsp3) is 0.368. The number of aliphatic hydroxyl groups is 1. The second-order valence-corrected chi connectivity index (χ2v) is 5.62. The van der Waals surface area contributed by atoms with Crippen LogP contribution in [0.3, 0.4) is 0 Å². The summed E-state index contributed by atoms with van der Waals surface area (Å²) >= 11 is 0. The molecule has 1 N–H and O–H groups in total. The molecule has 1 nitrogen and oxygen atoms in total.